The second-order valence-electron chi connectivity index (χ2n) is 6.17. The van der Waals surface area contributed by atoms with Crippen LogP contribution in [0.25, 0.3) is 5.69 Å². The predicted molar refractivity (Wildman–Crippen MR) is 104 cm³/mol. The van der Waals surface area contributed by atoms with E-state index in [0.29, 0.717) is 18.0 Å². The van der Waals surface area contributed by atoms with Crippen molar-refractivity contribution in [1.29, 1.82) is 0 Å². The van der Waals surface area contributed by atoms with Gasteiger partial charge in [0.25, 0.3) is 5.91 Å². The number of rotatable bonds is 7. The molecule has 0 atom stereocenters. The number of nitrogens with zero attached hydrogens (tertiary/aromatic N) is 2. The maximum atomic E-state index is 12.2. The number of benzene rings is 2. The fraction of sp³-hybridized carbons (Fsp3) is 0.190. The minimum absolute atomic E-state index is 0.373. The molecule has 0 bridgehead atoms. The zero-order valence-corrected chi connectivity index (χ0v) is 15.7. The quantitative estimate of drug-likeness (QED) is 0.638. The minimum atomic E-state index is -0.563. The number of carbonyl (C=O) groups excluding carboxylic acids is 2. The average molecular weight is 379 g/mol. The van der Waals surface area contributed by atoms with Crippen molar-refractivity contribution in [1.82, 2.24) is 9.78 Å². The van der Waals surface area contributed by atoms with Crippen molar-refractivity contribution in [3.8, 4) is 5.69 Å². The highest BCUT2D eigenvalue weighted by atomic mass is 16.5. The van der Waals surface area contributed by atoms with Gasteiger partial charge in [-0.05, 0) is 36.8 Å². The van der Waals surface area contributed by atoms with Crippen LogP contribution in [0.2, 0.25) is 0 Å². The molecule has 3 aromatic rings. The highest BCUT2D eigenvalue weighted by Gasteiger charge is 2.14. The molecule has 144 valence electrons. The Morgan fingerprint density at radius 2 is 1.79 bits per heavy atom. The first-order valence-corrected chi connectivity index (χ1v) is 8.74. The number of methoxy groups -OCH3 is 1. The van der Waals surface area contributed by atoms with Crippen molar-refractivity contribution < 1.29 is 19.1 Å². The van der Waals surface area contributed by atoms with E-state index >= 15 is 0 Å². The van der Waals surface area contributed by atoms with E-state index in [0.717, 1.165) is 16.9 Å². The molecule has 1 N–H and O–H groups in total. The molecule has 7 heteroatoms. The van der Waals surface area contributed by atoms with Crippen LogP contribution in [0.5, 0.6) is 0 Å². The van der Waals surface area contributed by atoms with Gasteiger partial charge in [-0.3, -0.25) is 4.79 Å². The van der Waals surface area contributed by atoms with Crippen molar-refractivity contribution >= 4 is 17.7 Å². The molecule has 0 saturated heterocycles. The normalized spacial score (nSPS) is 10.5. The molecule has 1 aromatic heterocycles. The number of aromatic nitrogens is 2. The van der Waals surface area contributed by atoms with Gasteiger partial charge in [-0.2, -0.15) is 5.10 Å². The summed E-state index contributed by atoms with van der Waals surface area (Å²) in [6, 6.07) is 18.0. The maximum Gasteiger partial charge on any atom is 0.338 e. The lowest BCUT2D eigenvalue weighted by Crippen LogP contribution is -2.22. The molecule has 0 unspecified atom stereocenters. The minimum Gasteiger partial charge on any atom is -0.452 e. The summed E-state index contributed by atoms with van der Waals surface area (Å²) in [7, 11) is 1.60. The number of amides is 1. The number of anilines is 1. The Hall–Kier alpha value is -3.45. The summed E-state index contributed by atoms with van der Waals surface area (Å²) in [6.07, 6.45) is 0. The van der Waals surface area contributed by atoms with Crippen molar-refractivity contribution in [2.24, 2.45) is 0 Å². The zero-order chi connectivity index (χ0) is 19.9. The van der Waals surface area contributed by atoms with Gasteiger partial charge in [-0.15, -0.1) is 0 Å². The second kappa shape index (κ2) is 8.96. The van der Waals surface area contributed by atoms with Crippen LogP contribution < -0.4 is 5.32 Å². The number of ether oxygens (including phenoxy) is 2. The lowest BCUT2D eigenvalue weighted by molar-refractivity contribution is -0.119. The molecule has 7 nitrogen and oxygen atoms in total. The Kier molecular flexibility index (Phi) is 6.18. The molecule has 1 amide bonds. The molecule has 1 heterocycles. The molecule has 0 spiro atoms. The van der Waals surface area contributed by atoms with Crippen molar-refractivity contribution in [3.63, 3.8) is 0 Å². The van der Waals surface area contributed by atoms with Crippen LogP contribution in [0.3, 0.4) is 0 Å². The molecule has 3 rings (SSSR count). The lowest BCUT2D eigenvalue weighted by atomic mass is 10.1. The number of para-hydroxylation sites is 1. The second-order valence-corrected chi connectivity index (χ2v) is 6.17. The third kappa shape index (κ3) is 4.83. The third-order valence-electron chi connectivity index (χ3n) is 3.93. The van der Waals surface area contributed by atoms with Gasteiger partial charge in [-0.1, -0.05) is 30.3 Å². The summed E-state index contributed by atoms with van der Waals surface area (Å²) in [5, 5.41) is 7.11. The predicted octanol–water partition coefficient (Wildman–Crippen LogP) is 3.12. The lowest BCUT2D eigenvalue weighted by Gasteiger charge is -2.09. The SMILES string of the molecule is COCc1ccc(C(=O)OCC(=O)Nc2cc(C)nn2-c2ccccc2)cc1. The van der Waals surface area contributed by atoms with Crippen LogP contribution in [0.4, 0.5) is 5.82 Å². The van der Waals surface area contributed by atoms with Crippen molar-refractivity contribution in [2.45, 2.75) is 13.5 Å². The van der Waals surface area contributed by atoms with Crippen LogP contribution >= 0.6 is 0 Å². The largest absolute Gasteiger partial charge is 0.452 e. The number of hydrogen-bond donors (Lipinski definition) is 1. The van der Waals surface area contributed by atoms with Gasteiger partial charge in [-0.25, -0.2) is 9.48 Å². The van der Waals surface area contributed by atoms with E-state index in [2.05, 4.69) is 10.4 Å². The standard InChI is InChI=1S/C21H21N3O4/c1-15-12-19(24(23-15)18-6-4-3-5-7-18)22-20(25)14-28-21(26)17-10-8-16(9-11-17)13-27-2/h3-12H,13-14H2,1-2H3,(H,22,25). The Morgan fingerprint density at radius 1 is 1.07 bits per heavy atom. The Labute approximate surface area is 162 Å². The molecule has 0 radical (unpaired) electrons. The van der Waals surface area contributed by atoms with E-state index < -0.39 is 18.5 Å². The Morgan fingerprint density at radius 3 is 2.46 bits per heavy atom. The number of nitrogens with one attached hydrogen (secondary N) is 1. The first kappa shape index (κ1) is 19.3. The monoisotopic (exact) mass is 379 g/mol. The molecule has 0 aliphatic heterocycles. The van der Waals surface area contributed by atoms with Crippen LogP contribution in [-0.4, -0.2) is 35.4 Å². The zero-order valence-electron chi connectivity index (χ0n) is 15.7. The Balaban J connectivity index is 1.60. The van der Waals surface area contributed by atoms with E-state index in [1.54, 1.807) is 42.1 Å². The average Bonchev–Trinajstić information content (AvgIpc) is 3.07. The number of esters is 1. The highest BCUT2D eigenvalue weighted by Crippen LogP contribution is 2.17. The van der Waals surface area contributed by atoms with Crippen molar-refractivity contribution in [2.75, 3.05) is 19.0 Å². The van der Waals surface area contributed by atoms with E-state index in [1.165, 1.54) is 0 Å². The first-order valence-electron chi connectivity index (χ1n) is 8.74. The fourth-order valence-electron chi connectivity index (χ4n) is 2.65. The number of carbonyl (C=O) groups is 2. The van der Waals surface area contributed by atoms with Crippen LogP contribution in [0, 0.1) is 6.92 Å². The number of aryl methyl sites for hydroxylation is 1. The van der Waals surface area contributed by atoms with Gasteiger partial charge in [0, 0.05) is 13.2 Å². The van der Waals surface area contributed by atoms with Crippen molar-refractivity contribution in [3.05, 3.63) is 77.5 Å². The summed E-state index contributed by atoms with van der Waals surface area (Å²) in [5.74, 6) is -0.498. The molecule has 0 fully saturated rings. The third-order valence-corrected chi connectivity index (χ3v) is 3.93. The van der Waals surface area contributed by atoms with Crippen LogP contribution in [0.15, 0.2) is 60.7 Å². The first-order chi connectivity index (χ1) is 13.6. The molecule has 2 aromatic carbocycles. The summed E-state index contributed by atoms with van der Waals surface area (Å²) < 4.78 is 11.8. The van der Waals surface area contributed by atoms with Gasteiger partial charge in [0.05, 0.1) is 23.6 Å². The van der Waals surface area contributed by atoms with Gasteiger partial charge >= 0.3 is 5.97 Å². The smallest absolute Gasteiger partial charge is 0.338 e. The molecule has 28 heavy (non-hydrogen) atoms. The van der Waals surface area contributed by atoms with Crippen LogP contribution in [-0.2, 0) is 20.9 Å². The van der Waals surface area contributed by atoms with E-state index in [1.807, 2.05) is 37.3 Å². The summed E-state index contributed by atoms with van der Waals surface area (Å²) in [4.78, 5) is 24.3. The maximum absolute atomic E-state index is 12.2. The highest BCUT2D eigenvalue weighted by molar-refractivity contribution is 5.95. The summed E-state index contributed by atoms with van der Waals surface area (Å²) in [6.45, 7) is 1.91. The topological polar surface area (TPSA) is 82.4 Å². The van der Waals surface area contributed by atoms with E-state index in [-0.39, 0.29) is 0 Å². The summed E-state index contributed by atoms with van der Waals surface area (Å²) in [5.41, 5.74) is 2.89. The molecule has 0 aliphatic carbocycles. The molecular weight excluding hydrogens is 358 g/mol. The Bertz CT molecular complexity index is 950. The number of hydrogen-bond acceptors (Lipinski definition) is 5. The van der Waals surface area contributed by atoms with Gasteiger partial charge in [0.2, 0.25) is 0 Å². The fourth-order valence-corrected chi connectivity index (χ4v) is 2.65. The van der Waals surface area contributed by atoms with Crippen LogP contribution in [0.1, 0.15) is 21.6 Å². The molecule has 0 saturated carbocycles. The summed E-state index contributed by atoms with van der Waals surface area (Å²) >= 11 is 0. The van der Waals surface area contributed by atoms with Gasteiger partial charge in [0.1, 0.15) is 5.82 Å². The van der Waals surface area contributed by atoms with E-state index in [9.17, 15) is 9.59 Å². The van der Waals surface area contributed by atoms with Gasteiger partial charge < -0.3 is 14.8 Å². The van der Waals surface area contributed by atoms with E-state index in [4.69, 9.17) is 9.47 Å². The van der Waals surface area contributed by atoms with Gasteiger partial charge in [0.15, 0.2) is 6.61 Å². The molecule has 0 aliphatic rings. The molecular formula is C21H21N3O4.